The van der Waals surface area contributed by atoms with Crippen LogP contribution in [0.3, 0.4) is 0 Å². The summed E-state index contributed by atoms with van der Waals surface area (Å²) in [6.07, 6.45) is 7.01. The van der Waals surface area contributed by atoms with Crippen LogP contribution in [0.5, 0.6) is 5.75 Å². The average Bonchev–Trinajstić information content (AvgIpc) is 2.98. The van der Waals surface area contributed by atoms with Crippen LogP contribution in [-0.4, -0.2) is 21.3 Å². The normalized spacial score (nSPS) is 13.8. The summed E-state index contributed by atoms with van der Waals surface area (Å²) >= 11 is 1.70. The highest BCUT2D eigenvalue weighted by Crippen LogP contribution is 2.27. The maximum absolute atomic E-state index is 12.2. The molecule has 2 aromatic heterocycles. The standard InChI is InChI=1S/C17H22N2O3S/c1-2-13-17(14(21)7-8-19(13)9-10-20)22-11-16-18-12-5-3-4-6-15(12)23-16/h7-8,20H,2-6,9-11H2,1H3. The van der Waals surface area contributed by atoms with Gasteiger partial charge >= 0.3 is 0 Å². The third-order valence-electron chi connectivity index (χ3n) is 4.14. The lowest BCUT2D eigenvalue weighted by Gasteiger charge is -2.15. The van der Waals surface area contributed by atoms with Crippen molar-refractivity contribution in [1.29, 1.82) is 0 Å². The van der Waals surface area contributed by atoms with E-state index >= 15 is 0 Å². The third-order valence-corrected chi connectivity index (χ3v) is 5.28. The molecular formula is C17H22N2O3S. The second-order valence-corrected chi connectivity index (χ2v) is 6.87. The number of thiazole rings is 1. The zero-order chi connectivity index (χ0) is 16.2. The molecule has 0 saturated carbocycles. The van der Waals surface area contributed by atoms with Gasteiger partial charge in [0.05, 0.1) is 18.0 Å². The zero-order valence-electron chi connectivity index (χ0n) is 13.4. The van der Waals surface area contributed by atoms with E-state index in [1.54, 1.807) is 17.5 Å². The number of hydrogen-bond acceptors (Lipinski definition) is 5. The van der Waals surface area contributed by atoms with Crippen LogP contribution in [0.1, 0.15) is 41.0 Å². The molecule has 1 aliphatic rings. The zero-order valence-corrected chi connectivity index (χ0v) is 14.2. The highest BCUT2D eigenvalue weighted by Gasteiger charge is 2.17. The van der Waals surface area contributed by atoms with E-state index < -0.39 is 0 Å². The van der Waals surface area contributed by atoms with Crippen molar-refractivity contribution in [2.75, 3.05) is 6.61 Å². The summed E-state index contributed by atoms with van der Waals surface area (Å²) in [6.45, 7) is 2.82. The lowest BCUT2D eigenvalue weighted by molar-refractivity contribution is 0.267. The summed E-state index contributed by atoms with van der Waals surface area (Å²) in [6, 6.07) is 1.50. The first-order valence-electron chi connectivity index (χ1n) is 8.16. The lowest BCUT2D eigenvalue weighted by atomic mass is 10.0. The molecule has 0 spiro atoms. The number of pyridine rings is 1. The topological polar surface area (TPSA) is 64.3 Å². The largest absolute Gasteiger partial charge is 0.480 e. The molecule has 5 nitrogen and oxygen atoms in total. The molecule has 124 valence electrons. The maximum atomic E-state index is 12.2. The Morgan fingerprint density at radius 1 is 1.39 bits per heavy atom. The van der Waals surface area contributed by atoms with E-state index in [2.05, 4.69) is 4.98 Å². The molecule has 0 unspecified atom stereocenters. The SMILES string of the molecule is CCc1c(OCc2nc3c(s2)CCCC3)c(=O)ccn1CCO. The number of aliphatic hydroxyl groups is 1. The second-order valence-electron chi connectivity index (χ2n) is 5.70. The van der Waals surface area contributed by atoms with Crippen LogP contribution in [0.15, 0.2) is 17.1 Å². The smallest absolute Gasteiger partial charge is 0.223 e. The van der Waals surface area contributed by atoms with E-state index in [-0.39, 0.29) is 12.0 Å². The van der Waals surface area contributed by atoms with E-state index in [0.717, 1.165) is 23.5 Å². The van der Waals surface area contributed by atoms with E-state index in [0.29, 0.717) is 25.3 Å². The lowest BCUT2D eigenvalue weighted by Crippen LogP contribution is -2.17. The number of ether oxygens (including phenoxy) is 1. The van der Waals surface area contributed by atoms with Crippen LogP contribution in [-0.2, 0) is 32.4 Å². The number of aromatic nitrogens is 2. The van der Waals surface area contributed by atoms with Gasteiger partial charge in [-0.2, -0.15) is 0 Å². The van der Waals surface area contributed by atoms with Crippen molar-refractivity contribution in [1.82, 2.24) is 9.55 Å². The minimum absolute atomic E-state index is 0.0362. The van der Waals surface area contributed by atoms with Crippen molar-refractivity contribution in [2.24, 2.45) is 0 Å². The van der Waals surface area contributed by atoms with Gasteiger partial charge in [-0.15, -0.1) is 11.3 Å². The second kappa shape index (κ2) is 7.27. The van der Waals surface area contributed by atoms with E-state index in [4.69, 9.17) is 9.84 Å². The molecule has 0 saturated heterocycles. The van der Waals surface area contributed by atoms with Crippen LogP contribution in [0.4, 0.5) is 0 Å². The van der Waals surface area contributed by atoms with Gasteiger partial charge in [0.25, 0.3) is 0 Å². The highest BCUT2D eigenvalue weighted by atomic mass is 32.1. The molecule has 0 aromatic carbocycles. The molecular weight excluding hydrogens is 312 g/mol. The summed E-state index contributed by atoms with van der Waals surface area (Å²) in [5.74, 6) is 0.386. The molecule has 0 bridgehead atoms. The Hall–Kier alpha value is -1.66. The molecule has 23 heavy (non-hydrogen) atoms. The van der Waals surface area contributed by atoms with Crippen molar-refractivity contribution in [2.45, 2.75) is 52.2 Å². The van der Waals surface area contributed by atoms with Gasteiger partial charge < -0.3 is 14.4 Å². The van der Waals surface area contributed by atoms with Gasteiger partial charge in [0.1, 0.15) is 11.6 Å². The predicted molar refractivity (Wildman–Crippen MR) is 90.3 cm³/mol. The number of aryl methyl sites for hydroxylation is 2. The molecule has 1 aliphatic carbocycles. The van der Waals surface area contributed by atoms with Crippen LogP contribution in [0, 0.1) is 0 Å². The highest BCUT2D eigenvalue weighted by molar-refractivity contribution is 7.11. The van der Waals surface area contributed by atoms with Crippen molar-refractivity contribution in [3.05, 3.63) is 43.8 Å². The Balaban J connectivity index is 1.80. The molecule has 0 radical (unpaired) electrons. The molecule has 0 atom stereocenters. The first-order chi connectivity index (χ1) is 11.2. The first kappa shape index (κ1) is 16.2. The predicted octanol–water partition coefficient (Wildman–Crippen LogP) is 2.32. The Labute approximate surface area is 139 Å². The van der Waals surface area contributed by atoms with Crippen LogP contribution < -0.4 is 10.2 Å². The van der Waals surface area contributed by atoms with Crippen LogP contribution >= 0.6 is 11.3 Å². The monoisotopic (exact) mass is 334 g/mol. The fourth-order valence-corrected chi connectivity index (χ4v) is 4.10. The average molecular weight is 334 g/mol. The quantitative estimate of drug-likeness (QED) is 0.880. The Bertz CT molecular complexity index is 712. The molecule has 2 aromatic rings. The molecule has 3 rings (SSSR count). The van der Waals surface area contributed by atoms with Crippen molar-refractivity contribution < 1.29 is 9.84 Å². The minimum atomic E-state index is -0.114. The minimum Gasteiger partial charge on any atom is -0.480 e. The van der Waals surface area contributed by atoms with Gasteiger partial charge in [-0.3, -0.25) is 4.79 Å². The number of fused-ring (bicyclic) bond motifs is 1. The summed E-state index contributed by atoms with van der Waals surface area (Å²) in [5.41, 5.74) is 1.92. The Morgan fingerprint density at radius 2 is 2.22 bits per heavy atom. The fraction of sp³-hybridized carbons (Fsp3) is 0.529. The van der Waals surface area contributed by atoms with Crippen molar-refractivity contribution in [3.8, 4) is 5.75 Å². The van der Waals surface area contributed by atoms with Gasteiger partial charge in [-0.25, -0.2) is 4.98 Å². The van der Waals surface area contributed by atoms with E-state index in [1.807, 2.05) is 11.5 Å². The summed E-state index contributed by atoms with van der Waals surface area (Å²) in [7, 11) is 0. The molecule has 0 aliphatic heterocycles. The summed E-state index contributed by atoms with van der Waals surface area (Å²) in [4.78, 5) is 18.2. The van der Waals surface area contributed by atoms with Crippen molar-refractivity contribution >= 4 is 11.3 Å². The third kappa shape index (κ3) is 3.48. The van der Waals surface area contributed by atoms with E-state index in [9.17, 15) is 4.79 Å². The molecule has 6 heteroatoms. The molecule has 1 N–H and O–H groups in total. The summed E-state index contributed by atoms with van der Waals surface area (Å²) in [5, 5.41) is 10.1. The van der Waals surface area contributed by atoms with Gasteiger partial charge in [-0.1, -0.05) is 6.92 Å². The van der Waals surface area contributed by atoms with Gasteiger partial charge in [-0.05, 0) is 32.1 Å². The number of nitrogens with zero attached hydrogens (tertiary/aromatic N) is 2. The number of rotatable bonds is 6. The number of hydrogen-bond donors (Lipinski definition) is 1. The molecule has 0 fully saturated rings. The fourth-order valence-electron chi connectivity index (χ4n) is 3.03. The number of aliphatic hydroxyl groups excluding tert-OH is 1. The van der Waals surface area contributed by atoms with Crippen molar-refractivity contribution in [3.63, 3.8) is 0 Å². The van der Waals surface area contributed by atoms with Crippen LogP contribution in [0.2, 0.25) is 0 Å². The van der Waals surface area contributed by atoms with E-state index in [1.165, 1.54) is 29.5 Å². The van der Waals surface area contributed by atoms with Gasteiger partial charge in [0, 0.05) is 23.7 Å². The van der Waals surface area contributed by atoms with Gasteiger partial charge in [0.2, 0.25) is 5.43 Å². The van der Waals surface area contributed by atoms with Gasteiger partial charge in [0.15, 0.2) is 5.75 Å². The maximum Gasteiger partial charge on any atom is 0.223 e. The molecule has 0 amide bonds. The van der Waals surface area contributed by atoms with Crippen LogP contribution in [0.25, 0.3) is 0 Å². The summed E-state index contributed by atoms with van der Waals surface area (Å²) < 4.78 is 7.72. The Morgan fingerprint density at radius 3 is 2.96 bits per heavy atom. The Kier molecular flexibility index (Phi) is 5.13. The molecule has 2 heterocycles. The first-order valence-corrected chi connectivity index (χ1v) is 8.98.